The molecule has 3 rings (SSSR count). The van der Waals surface area contributed by atoms with Crippen LogP contribution in [0.5, 0.6) is 5.75 Å². The number of methoxy groups -OCH3 is 1. The Bertz CT molecular complexity index is 711. The summed E-state index contributed by atoms with van der Waals surface area (Å²) in [4.78, 5) is 11.5. The molecule has 0 saturated heterocycles. The van der Waals surface area contributed by atoms with Crippen molar-refractivity contribution in [3.63, 3.8) is 0 Å². The van der Waals surface area contributed by atoms with Crippen molar-refractivity contribution in [2.24, 2.45) is 5.92 Å². The molecule has 4 heteroatoms. The molecule has 0 fully saturated rings. The van der Waals surface area contributed by atoms with E-state index in [2.05, 4.69) is 0 Å². The van der Waals surface area contributed by atoms with E-state index in [1.807, 2.05) is 48.5 Å². The second-order valence-corrected chi connectivity index (χ2v) is 6.16. The summed E-state index contributed by atoms with van der Waals surface area (Å²) in [6, 6.07) is 15.2. The van der Waals surface area contributed by atoms with E-state index in [1.165, 1.54) is 0 Å². The number of ether oxygens (including phenoxy) is 1. The maximum absolute atomic E-state index is 11.5. The Morgan fingerprint density at radius 2 is 2.00 bits per heavy atom. The van der Waals surface area contributed by atoms with E-state index in [9.17, 15) is 15.0 Å². The SMILES string of the molecule is COc1ccc2c(c1)CC(C(=O)O)CC2(O)Cc1ccccc1. The minimum atomic E-state index is -1.18. The largest absolute Gasteiger partial charge is 0.497 e. The van der Waals surface area contributed by atoms with Crippen LogP contribution in [0.15, 0.2) is 48.5 Å². The van der Waals surface area contributed by atoms with Gasteiger partial charge < -0.3 is 14.9 Å². The Hall–Kier alpha value is -2.33. The Kier molecular flexibility index (Phi) is 4.09. The summed E-state index contributed by atoms with van der Waals surface area (Å²) < 4.78 is 5.23. The van der Waals surface area contributed by atoms with Crippen LogP contribution in [0.3, 0.4) is 0 Å². The summed E-state index contributed by atoms with van der Waals surface area (Å²) in [6.07, 6.45) is 1.03. The van der Waals surface area contributed by atoms with Gasteiger partial charge in [-0.2, -0.15) is 0 Å². The molecule has 0 heterocycles. The molecule has 2 aromatic rings. The molecule has 2 N–H and O–H groups in total. The van der Waals surface area contributed by atoms with Crippen LogP contribution < -0.4 is 4.74 Å². The molecular formula is C19H20O4. The highest BCUT2D eigenvalue weighted by Gasteiger charge is 2.41. The van der Waals surface area contributed by atoms with Gasteiger partial charge in [0.05, 0.1) is 18.6 Å². The molecule has 0 saturated carbocycles. The van der Waals surface area contributed by atoms with Crippen LogP contribution in [-0.4, -0.2) is 23.3 Å². The third kappa shape index (κ3) is 3.08. The van der Waals surface area contributed by atoms with Gasteiger partial charge in [-0.25, -0.2) is 0 Å². The molecule has 0 bridgehead atoms. The predicted octanol–water partition coefficient (Wildman–Crippen LogP) is 2.77. The summed E-state index contributed by atoms with van der Waals surface area (Å²) in [5.74, 6) is -0.787. The van der Waals surface area contributed by atoms with Gasteiger partial charge in [-0.05, 0) is 41.7 Å². The topological polar surface area (TPSA) is 66.8 Å². The molecular weight excluding hydrogens is 292 g/mol. The maximum Gasteiger partial charge on any atom is 0.306 e. The third-order valence-corrected chi connectivity index (χ3v) is 4.55. The third-order valence-electron chi connectivity index (χ3n) is 4.55. The number of hydrogen-bond acceptors (Lipinski definition) is 3. The van der Waals surface area contributed by atoms with E-state index >= 15 is 0 Å². The average Bonchev–Trinajstić information content (AvgIpc) is 2.54. The van der Waals surface area contributed by atoms with Gasteiger partial charge in [0.1, 0.15) is 5.75 Å². The number of hydrogen-bond donors (Lipinski definition) is 2. The Balaban J connectivity index is 2.03. The first kappa shape index (κ1) is 15.6. The fraction of sp³-hybridized carbons (Fsp3) is 0.316. The van der Waals surface area contributed by atoms with Crippen molar-refractivity contribution in [3.05, 3.63) is 65.2 Å². The summed E-state index contributed by atoms with van der Waals surface area (Å²) in [5, 5.41) is 20.7. The number of carboxylic acids is 1. The van der Waals surface area contributed by atoms with Gasteiger partial charge >= 0.3 is 5.97 Å². The fourth-order valence-corrected chi connectivity index (χ4v) is 3.45. The Morgan fingerprint density at radius 3 is 2.65 bits per heavy atom. The van der Waals surface area contributed by atoms with Gasteiger partial charge in [0.15, 0.2) is 0 Å². The number of fused-ring (bicyclic) bond motifs is 1. The minimum absolute atomic E-state index is 0.219. The highest BCUT2D eigenvalue weighted by atomic mass is 16.5. The second-order valence-electron chi connectivity index (χ2n) is 6.16. The number of benzene rings is 2. The van der Waals surface area contributed by atoms with Crippen molar-refractivity contribution in [3.8, 4) is 5.75 Å². The van der Waals surface area contributed by atoms with Crippen molar-refractivity contribution in [1.29, 1.82) is 0 Å². The molecule has 0 amide bonds. The summed E-state index contributed by atoms with van der Waals surface area (Å²) >= 11 is 0. The first-order valence-electron chi connectivity index (χ1n) is 7.68. The monoisotopic (exact) mass is 312 g/mol. The molecule has 23 heavy (non-hydrogen) atoms. The molecule has 0 aliphatic heterocycles. The fourth-order valence-electron chi connectivity index (χ4n) is 3.45. The lowest BCUT2D eigenvalue weighted by molar-refractivity contribution is -0.145. The molecule has 2 atom stereocenters. The molecule has 0 radical (unpaired) electrons. The van der Waals surface area contributed by atoms with Crippen LogP contribution in [-0.2, 0) is 23.2 Å². The molecule has 120 valence electrons. The number of aliphatic hydroxyl groups is 1. The van der Waals surface area contributed by atoms with Crippen molar-refractivity contribution in [1.82, 2.24) is 0 Å². The average molecular weight is 312 g/mol. The predicted molar refractivity (Wildman–Crippen MR) is 86.5 cm³/mol. The molecule has 1 aliphatic rings. The second kappa shape index (κ2) is 6.05. The summed E-state index contributed by atoms with van der Waals surface area (Å²) in [7, 11) is 1.58. The van der Waals surface area contributed by atoms with Crippen LogP contribution in [0, 0.1) is 5.92 Å². The lowest BCUT2D eigenvalue weighted by atomic mass is 9.71. The molecule has 2 aromatic carbocycles. The van der Waals surface area contributed by atoms with Crippen LogP contribution >= 0.6 is 0 Å². The molecule has 1 aliphatic carbocycles. The smallest absolute Gasteiger partial charge is 0.306 e. The summed E-state index contributed by atoms with van der Waals surface area (Å²) in [5.41, 5.74) is 1.47. The van der Waals surface area contributed by atoms with E-state index in [0.29, 0.717) is 18.6 Å². The zero-order chi connectivity index (χ0) is 16.4. The highest BCUT2D eigenvalue weighted by Crippen LogP contribution is 2.41. The number of carbonyl (C=O) groups is 1. The number of carboxylic acid groups (broad SMARTS) is 1. The van der Waals surface area contributed by atoms with Crippen LogP contribution in [0.2, 0.25) is 0 Å². The number of aliphatic carboxylic acids is 1. The normalized spacial score (nSPS) is 23.1. The van der Waals surface area contributed by atoms with Gasteiger partial charge in [-0.3, -0.25) is 4.79 Å². The Morgan fingerprint density at radius 1 is 1.26 bits per heavy atom. The van der Waals surface area contributed by atoms with Crippen molar-refractivity contribution >= 4 is 5.97 Å². The van der Waals surface area contributed by atoms with Crippen LogP contribution in [0.4, 0.5) is 0 Å². The van der Waals surface area contributed by atoms with E-state index in [4.69, 9.17) is 4.74 Å². The standard InChI is InChI=1S/C19H20O4/c1-23-16-7-8-17-14(10-16)9-15(18(20)21)12-19(17,22)11-13-5-3-2-4-6-13/h2-8,10,15,22H,9,11-12H2,1H3,(H,20,21). The first-order chi connectivity index (χ1) is 11.0. The van der Waals surface area contributed by atoms with Crippen molar-refractivity contribution in [2.75, 3.05) is 7.11 Å². The zero-order valence-electron chi connectivity index (χ0n) is 13.0. The quantitative estimate of drug-likeness (QED) is 0.911. The van der Waals surface area contributed by atoms with Crippen molar-refractivity contribution in [2.45, 2.75) is 24.9 Å². The molecule has 0 aromatic heterocycles. The molecule has 0 spiro atoms. The molecule has 2 unspecified atom stereocenters. The minimum Gasteiger partial charge on any atom is -0.497 e. The van der Waals surface area contributed by atoms with E-state index in [1.54, 1.807) is 7.11 Å². The maximum atomic E-state index is 11.5. The van der Waals surface area contributed by atoms with E-state index < -0.39 is 17.5 Å². The van der Waals surface area contributed by atoms with Gasteiger partial charge in [-0.15, -0.1) is 0 Å². The van der Waals surface area contributed by atoms with Crippen molar-refractivity contribution < 1.29 is 19.7 Å². The lowest BCUT2D eigenvalue weighted by Gasteiger charge is -2.37. The van der Waals surface area contributed by atoms with Gasteiger partial charge in [0, 0.05) is 6.42 Å². The summed E-state index contributed by atoms with van der Waals surface area (Å²) in [6.45, 7) is 0. The van der Waals surface area contributed by atoms with Gasteiger partial charge in [0.2, 0.25) is 0 Å². The number of rotatable bonds is 4. The molecule has 4 nitrogen and oxygen atoms in total. The van der Waals surface area contributed by atoms with Gasteiger partial charge in [0.25, 0.3) is 0 Å². The Labute approximate surface area is 135 Å². The first-order valence-corrected chi connectivity index (χ1v) is 7.68. The van der Waals surface area contributed by atoms with Crippen LogP contribution in [0.25, 0.3) is 0 Å². The highest BCUT2D eigenvalue weighted by molar-refractivity contribution is 5.71. The van der Waals surface area contributed by atoms with Gasteiger partial charge in [-0.1, -0.05) is 36.4 Å². The lowest BCUT2D eigenvalue weighted by Crippen LogP contribution is -2.39. The van der Waals surface area contributed by atoms with Crippen LogP contribution in [0.1, 0.15) is 23.1 Å². The zero-order valence-corrected chi connectivity index (χ0v) is 13.0. The van der Waals surface area contributed by atoms with E-state index in [0.717, 1.165) is 16.7 Å². The van der Waals surface area contributed by atoms with E-state index in [-0.39, 0.29) is 6.42 Å².